The van der Waals surface area contributed by atoms with E-state index < -0.39 is 0 Å². The molecule has 0 amide bonds. The van der Waals surface area contributed by atoms with Gasteiger partial charge in [0.15, 0.2) is 5.78 Å². The molecule has 0 radical (unpaired) electrons. The van der Waals surface area contributed by atoms with Crippen molar-refractivity contribution in [2.75, 3.05) is 0 Å². The number of Topliss-reactive ketones (excluding diaryl/α,β-unsaturated/α-hetero) is 1. The van der Waals surface area contributed by atoms with Crippen molar-refractivity contribution >= 4 is 5.78 Å². The number of hydrogen-bond donors (Lipinski definition) is 1. The molecule has 1 aromatic rings. The van der Waals surface area contributed by atoms with Gasteiger partial charge in [-0.2, -0.15) is 0 Å². The van der Waals surface area contributed by atoms with Crippen LogP contribution in [0.4, 0.5) is 0 Å². The van der Waals surface area contributed by atoms with Crippen molar-refractivity contribution in [3.8, 4) is 0 Å². The summed E-state index contributed by atoms with van der Waals surface area (Å²) in [6.07, 6.45) is 5.77. The van der Waals surface area contributed by atoms with Crippen molar-refractivity contribution in [3.05, 3.63) is 30.1 Å². The van der Waals surface area contributed by atoms with Crippen LogP contribution in [0.5, 0.6) is 0 Å². The Labute approximate surface area is 96.3 Å². The van der Waals surface area contributed by atoms with E-state index >= 15 is 0 Å². The van der Waals surface area contributed by atoms with Gasteiger partial charge in [0.2, 0.25) is 0 Å². The molecule has 0 spiro atoms. The molecule has 0 aromatic carbocycles. The minimum absolute atomic E-state index is 0.146. The lowest BCUT2D eigenvalue weighted by molar-refractivity contribution is 0.0955. The van der Waals surface area contributed by atoms with Crippen LogP contribution in [0.1, 0.15) is 43.1 Å². The summed E-state index contributed by atoms with van der Waals surface area (Å²) in [5.41, 5.74) is 0.586. The van der Waals surface area contributed by atoms with Crippen LogP contribution in [0.25, 0.3) is 0 Å². The quantitative estimate of drug-likeness (QED) is 0.791. The van der Waals surface area contributed by atoms with Crippen LogP contribution in [0, 0.1) is 0 Å². The van der Waals surface area contributed by atoms with Crippen LogP contribution in [-0.4, -0.2) is 22.9 Å². The molecule has 16 heavy (non-hydrogen) atoms. The molecule has 2 heterocycles. The zero-order valence-corrected chi connectivity index (χ0v) is 9.65. The maximum absolute atomic E-state index is 11.9. The van der Waals surface area contributed by atoms with Gasteiger partial charge in [-0.25, -0.2) is 0 Å². The molecular formula is C13H18N2O. The zero-order valence-electron chi connectivity index (χ0n) is 9.65. The molecule has 3 heteroatoms. The number of piperidine rings is 1. The Morgan fingerprint density at radius 3 is 3.06 bits per heavy atom. The fraction of sp³-hybridized carbons (Fsp3) is 0.538. The van der Waals surface area contributed by atoms with E-state index in [2.05, 4.69) is 17.2 Å². The van der Waals surface area contributed by atoms with Gasteiger partial charge >= 0.3 is 0 Å². The van der Waals surface area contributed by atoms with Crippen molar-refractivity contribution in [2.45, 2.75) is 44.7 Å². The highest BCUT2D eigenvalue weighted by Gasteiger charge is 2.21. The van der Waals surface area contributed by atoms with E-state index in [0.29, 0.717) is 24.2 Å². The predicted octanol–water partition coefficient (Wildman–Crippen LogP) is 2.19. The first-order valence-corrected chi connectivity index (χ1v) is 5.96. The van der Waals surface area contributed by atoms with E-state index in [0.717, 1.165) is 6.42 Å². The summed E-state index contributed by atoms with van der Waals surface area (Å²) < 4.78 is 0. The van der Waals surface area contributed by atoms with Crippen molar-refractivity contribution in [1.29, 1.82) is 0 Å². The van der Waals surface area contributed by atoms with Gasteiger partial charge in [-0.05, 0) is 31.9 Å². The molecule has 2 atom stereocenters. The molecule has 1 fully saturated rings. The minimum Gasteiger partial charge on any atom is -0.311 e. The molecule has 2 rings (SSSR count). The Hall–Kier alpha value is -1.22. The summed E-state index contributed by atoms with van der Waals surface area (Å²) in [4.78, 5) is 16.0. The molecule has 1 aliphatic heterocycles. The highest BCUT2D eigenvalue weighted by Crippen LogP contribution is 2.16. The van der Waals surface area contributed by atoms with Gasteiger partial charge in [0.1, 0.15) is 5.69 Å². The summed E-state index contributed by atoms with van der Waals surface area (Å²) >= 11 is 0. The third kappa shape index (κ3) is 2.89. The molecular weight excluding hydrogens is 200 g/mol. The molecule has 1 saturated heterocycles. The van der Waals surface area contributed by atoms with Crippen molar-refractivity contribution in [3.63, 3.8) is 0 Å². The zero-order chi connectivity index (χ0) is 11.4. The topological polar surface area (TPSA) is 42.0 Å². The van der Waals surface area contributed by atoms with Gasteiger partial charge in [-0.15, -0.1) is 0 Å². The molecule has 0 saturated carbocycles. The van der Waals surface area contributed by atoms with Gasteiger partial charge in [-0.1, -0.05) is 12.5 Å². The van der Waals surface area contributed by atoms with Crippen LogP contribution in [0.15, 0.2) is 24.4 Å². The normalized spacial score (nSPS) is 25.3. The van der Waals surface area contributed by atoms with Crippen LogP contribution in [-0.2, 0) is 0 Å². The summed E-state index contributed by atoms with van der Waals surface area (Å²) in [6, 6.07) is 6.34. The standard InChI is InChI=1S/C13H18N2O/c1-10-5-4-6-11(15-10)9-13(16)12-7-2-3-8-14-12/h2-3,7-8,10-11,15H,4-6,9H2,1H3. The average Bonchev–Trinajstić information content (AvgIpc) is 2.30. The number of pyridine rings is 1. The SMILES string of the molecule is CC1CCCC(CC(=O)c2ccccn2)N1. The predicted molar refractivity (Wildman–Crippen MR) is 63.4 cm³/mol. The summed E-state index contributed by atoms with van der Waals surface area (Å²) in [5, 5.41) is 3.47. The molecule has 1 aliphatic rings. The Bertz CT molecular complexity index is 350. The van der Waals surface area contributed by atoms with E-state index in [1.165, 1.54) is 12.8 Å². The average molecular weight is 218 g/mol. The Morgan fingerprint density at radius 1 is 1.50 bits per heavy atom. The first-order chi connectivity index (χ1) is 7.75. The monoisotopic (exact) mass is 218 g/mol. The van der Waals surface area contributed by atoms with Crippen molar-refractivity contribution < 1.29 is 4.79 Å². The lowest BCUT2D eigenvalue weighted by Gasteiger charge is -2.28. The lowest BCUT2D eigenvalue weighted by Crippen LogP contribution is -2.41. The fourth-order valence-electron chi connectivity index (χ4n) is 2.26. The van der Waals surface area contributed by atoms with Crippen molar-refractivity contribution in [1.82, 2.24) is 10.3 Å². The number of hydrogen-bond acceptors (Lipinski definition) is 3. The number of rotatable bonds is 3. The Morgan fingerprint density at radius 2 is 2.38 bits per heavy atom. The molecule has 2 unspecified atom stereocenters. The van der Waals surface area contributed by atoms with Crippen LogP contribution in [0.2, 0.25) is 0 Å². The van der Waals surface area contributed by atoms with E-state index in [4.69, 9.17) is 0 Å². The number of ketones is 1. The first kappa shape index (κ1) is 11.3. The summed E-state index contributed by atoms with van der Waals surface area (Å²) in [7, 11) is 0. The second-order valence-corrected chi connectivity index (χ2v) is 4.54. The number of aromatic nitrogens is 1. The highest BCUT2D eigenvalue weighted by atomic mass is 16.1. The van der Waals surface area contributed by atoms with E-state index in [1.54, 1.807) is 12.3 Å². The lowest BCUT2D eigenvalue weighted by atomic mass is 9.95. The number of carbonyl (C=O) groups excluding carboxylic acids is 1. The second-order valence-electron chi connectivity index (χ2n) is 4.54. The Balaban J connectivity index is 1.92. The number of nitrogens with zero attached hydrogens (tertiary/aromatic N) is 1. The van der Waals surface area contributed by atoms with E-state index in [1.807, 2.05) is 12.1 Å². The third-order valence-electron chi connectivity index (χ3n) is 3.09. The molecule has 86 valence electrons. The third-order valence-corrected chi connectivity index (χ3v) is 3.09. The van der Waals surface area contributed by atoms with Crippen LogP contribution >= 0.6 is 0 Å². The second kappa shape index (κ2) is 5.21. The van der Waals surface area contributed by atoms with Gasteiger partial charge < -0.3 is 5.32 Å². The van der Waals surface area contributed by atoms with Crippen LogP contribution in [0.3, 0.4) is 0 Å². The first-order valence-electron chi connectivity index (χ1n) is 5.96. The molecule has 1 aromatic heterocycles. The molecule has 3 nitrogen and oxygen atoms in total. The fourth-order valence-corrected chi connectivity index (χ4v) is 2.26. The maximum atomic E-state index is 11.9. The number of carbonyl (C=O) groups is 1. The molecule has 0 aliphatic carbocycles. The smallest absolute Gasteiger partial charge is 0.182 e. The van der Waals surface area contributed by atoms with E-state index in [-0.39, 0.29) is 5.78 Å². The summed E-state index contributed by atoms with van der Waals surface area (Å²) in [5.74, 6) is 0.146. The molecule has 0 bridgehead atoms. The van der Waals surface area contributed by atoms with Crippen molar-refractivity contribution in [2.24, 2.45) is 0 Å². The largest absolute Gasteiger partial charge is 0.311 e. The van der Waals surface area contributed by atoms with Gasteiger partial charge in [0, 0.05) is 24.7 Å². The number of nitrogens with one attached hydrogen (secondary N) is 1. The Kier molecular flexibility index (Phi) is 3.67. The summed E-state index contributed by atoms with van der Waals surface area (Å²) in [6.45, 7) is 2.18. The van der Waals surface area contributed by atoms with E-state index in [9.17, 15) is 4.79 Å². The van der Waals surface area contributed by atoms with Crippen LogP contribution < -0.4 is 5.32 Å². The van der Waals surface area contributed by atoms with Gasteiger partial charge in [0.25, 0.3) is 0 Å². The maximum Gasteiger partial charge on any atom is 0.182 e. The highest BCUT2D eigenvalue weighted by molar-refractivity contribution is 5.94. The van der Waals surface area contributed by atoms with Gasteiger partial charge in [0.05, 0.1) is 0 Å². The van der Waals surface area contributed by atoms with Gasteiger partial charge in [-0.3, -0.25) is 9.78 Å². The minimum atomic E-state index is 0.146. The molecule has 1 N–H and O–H groups in total.